The highest BCUT2D eigenvalue weighted by molar-refractivity contribution is 5.44. The molecule has 1 unspecified atom stereocenters. The average molecular weight is 215 g/mol. The van der Waals surface area contributed by atoms with Crippen LogP contribution in [-0.4, -0.2) is 0 Å². The molecule has 0 aliphatic rings. The summed E-state index contributed by atoms with van der Waals surface area (Å²) >= 11 is 0. The van der Waals surface area contributed by atoms with E-state index >= 15 is 0 Å². The predicted molar refractivity (Wildman–Crippen MR) is 64.9 cm³/mol. The van der Waals surface area contributed by atoms with Crippen LogP contribution in [0, 0.1) is 5.82 Å². The van der Waals surface area contributed by atoms with Crippen LogP contribution in [0.25, 0.3) is 0 Å². The molecule has 0 fully saturated rings. The molecule has 2 rings (SSSR count). The molecule has 0 amide bonds. The summed E-state index contributed by atoms with van der Waals surface area (Å²) < 4.78 is 13.0. The van der Waals surface area contributed by atoms with Crippen LogP contribution in [0.1, 0.15) is 18.5 Å². The van der Waals surface area contributed by atoms with Gasteiger partial charge in [-0.25, -0.2) is 4.39 Å². The highest BCUT2D eigenvalue weighted by Crippen LogP contribution is 2.19. The molecule has 0 heterocycles. The molecule has 0 aromatic heterocycles. The van der Waals surface area contributed by atoms with Crippen molar-refractivity contribution < 1.29 is 4.39 Å². The van der Waals surface area contributed by atoms with Crippen LogP contribution in [-0.2, 0) is 0 Å². The van der Waals surface area contributed by atoms with Crippen LogP contribution in [0.15, 0.2) is 54.6 Å². The predicted octanol–water partition coefficient (Wildman–Crippen LogP) is 4.00. The lowest BCUT2D eigenvalue weighted by Gasteiger charge is -2.15. The van der Waals surface area contributed by atoms with Crippen molar-refractivity contribution in [2.24, 2.45) is 0 Å². The van der Waals surface area contributed by atoms with E-state index in [1.165, 1.54) is 6.07 Å². The van der Waals surface area contributed by atoms with Gasteiger partial charge >= 0.3 is 0 Å². The number of halogens is 1. The van der Waals surface area contributed by atoms with E-state index in [1.807, 2.05) is 43.3 Å². The fourth-order valence-electron chi connectivity index (χ4n) is 1.64. The SMILES string of the molecule is CC(Nc1ccccc1)c1cccc(F)c1. The molecule has 0 spiro atoms. The van der Waals surface area contributed by atoms with Crippen LogP contribution in [0.5, 0.6) is 0 Å². The van der Waals surface area contributed by atoms with Crippen molar-refractivity contribution in [2.75, 3.05) is 5.32 Å². The molecule has 1 N–H and O–H groups in total. The second-order valence-electron chi connectivity index (χ2n) is 3.79. The molecule has 16 heavy (non-hydrogen) atoms. The Balaban J connectivity index is 2.12. The van der Waals surface area contributed by atoms with Crippen molar-refractivity contribution in [3.05, 3.63) is 66.0 Å². The highest BCUT2D eigenvalue weighted by Gasteiger charge is 2.05. The van der Waals surface area contributed by atoms with Crippen LogP contribution in [0.4, 0.5) is 10.1 Å². The molecule has 0 aliphatic carbocycles. The summed E-state index contributed by atoms with van der Waals surface area (Å²) in [7, 11) is 0. The van der Waals surface area contributed by atoms with Gasteiger partial charge in [-0.15, -0.1) is 0 Å². The van der Waals surface area contributed by atoms with Gasteiger partial charge in [-0.05, 0) is 36.8 Å². The number of benzene rings is 2. The van der Waals surface area contributed by atoms with Crippen molar-refractivity contribution in [3.63, 3.8) is 0 Å². The first-order valence-corrected chi connectivity index (χ1v) is 5.33. The van der Waals surface area contributed by atoms with Crippen molar-refractivity contribution >= 4 is 5.69 Å². The average Bonchev–Trinajstić information content (AvgIpc) is 2.30. The van der Waals surface area contributed by atoms with Gasteiger partial charge < -0.3 is 5.32 Å². The molecule has 82 valence electrons. The van der Waals surface area contributed by atoms with E-state index in [0.29, 0.717) is 0 Å². The van der Waals surface area contributed by atoms with Gasteiger partial charge in [-0.3, -0.25) is 0 Å². The minimum atomic E-state index is -0.195. The second kappa shape index (κ2) is 4.79. The topological polar surface area (TPSA) is 12.0 Å². The molecule has 1 nitrogen and oxygen atoms in total. The third-order valence-corrected chi connectivity index (χ3v) is 2.51. The first kappa shape index (κ1) is 10.7. The largest absolute Gasteiger partial charge is 0.379 e. The Morgan fingerprint density at radius 2 is 1.75 bits per heavy atom. The van der Waals surface area contributed by atoms with Gasteiger partial charge in [0.25, 0.3) is 0 Å². The molecular weight excluding hydrogens is 201 g/mol. The number of para-hydroxylation sites is 1. The monoisotopic (exact) mass is 215 g/mol. The third kappa shape index (κ3) is 2.60. The lowest BCUT2D eigenvalue weighted by molar-refractivity contribution is 0.623. The van der Waals surface area contributed by atoms with Gasteiger partial charge in [0.05, 0.1) is 0 Å². The zero-order valence-electron chi connectivity index (χ0n) is 9.15. The zero-order valence-corrected chi connectivity index (χ0v) is 9.15. The van der Waals surface area contributed by atoms with E-state index in [2.05, 4.69) is 5.32 Å². The number of nitrogens with one attached hydrogen (secondary N) is 1. The van der Waals surface area contributed by atoms with Crippen LogP contribution in [0.3, 0.4) is 0 Å². The molecule has 2 heteroatoms. The lowest BCUT2D eigenvalue weighted by atomic mass is 10.1. The van der Waals surface area contributed by atoms with Gasteiger partial charge in [0.15, 0.2) is 0 Å². The fourth-order valence-corrected chi connectivity index (χ4v) is 1.64. The lowest BCUT2D eigenvalue weighted by Crippen LogP contribution is -2.06. The molecule has 0 saturated carbocycles. The first-order valence-electron chi connectivity index (χ1n) is 5.33. The van der Waals surface area contributed by atoms with Crippen LogP contribution in [0.2, 0.25) is 0 Å². The molecule has 2 aromatic rings. The van der Waals surface area contributed by atoms with Crippen molar-refractivity contribution in [1.29, 1.82) is 0 Å². The maximum absolute atomic E-state index is 13.0. The fraction of sp³-hybridized carbons (Fsp3) is 0.143. The van der Waals surface area contributed by atoms with E-state index in [4.69, 9.17) is 0 Å². The highest BCUT2D eigenvalue weighted by atomic mass is 19.1. The molecular formula is C14H14FN. The molecule has 0 bridgehead atoms. The molecule has 0 saturated heterocycles. The molecule has 2 aromatic carbocycles. The summed E-state index contributed by atoms with van der Waals surface area (Å²) in [6, 6.07) is 16.7. The van der Waals surface area contributed by atoms with Gasteiger partial charge in [0.2, 0.25) is 0 Å². The molecule has 0 aliphatic heterocycles. The second-order valence-corrected chi connectivity index (χ2v) is 3.79. The van der Waals surface area contributed by atoms with E-state index in [-0.39, 0.29) is 11.9 Å². The van der Waals surface area contributed by atoms with Gasteiger partial charge in [0.1, 0.15) is 5.82 Å². The number of rotatable bonds is 3. The molecule has 0 radical (unpaired) electrons. The van der Waals surface area contributed by atoms with Gasteiger partial charge in [-0.1, -0.05) is 30.3 Å². The number of anilines is 1. The maximum Gasteiger partial charge on any atom is 0.123 e. The van der Waals surface area contributed by atoms with E-state index < -0.39 is 0 Å². The minimum Gasteiger partial charge on any atom is -0.379 e. The van der Waals surface area contributed by atoms with E-state index in [1.54, 1.807) is 12.1 Å². The Morgan fingerprint density at radius 1 is 1.00 bits per heavy atom. The summed E-state index contributed by atoms with van der Waals surface area (Å²) in [5.74, 6) is -0.195. The number of hydrogen-bond donors (Lipinski definition) is 1. The Morgan fingerprint density at radius 3 is 2.44 bits per heavy atom. The summed E-state index contributed by atoms with van der Waals surface area (Å²) in [5.41, 5.74) is 1.99. The summed E-state index contributed by atoms with van der Waals surface area (Å²) in [4.78, 5) is 0. The Bertz CT molecular complexity index is 453. The van der Waals surface area contributed by atoms with Crippen molar-refractivity contribution in [3.8, 4) is 0 Å². The standard InChI is InChI=1S/C14H14FN/c1-11(12-6-5-7-13(15)10-12)16-14-8-3-2-4-9-14/h2-11,16H,1H3. The smallest absolute Gasteiger partial charge is 0.123 e. The van der Waals surface area contributed by atoms with Crippen LogP contribution < -0.4 is 5.32 Å². The quantitative estimate of drug-likeness (QED) is 0.816. The minimum absolute atomic E-state index is 0.0955. The van der Waals surface area contributed by atoms with Gasteiger partial charge in [0, 0.05) is 11.7 Å². The van der Waals surface area contributed by atoms with Crippen molar-refractivity contribution in [1.82, 2.24) is 0 Å². The Labute approximate surface area is 94.9 Å². The molecule has 1 atom stereocenters. The Hall–Kier alpha value is -1.83. The first-order chi connectivity index (χ1) is 7.75. The Kier molecular flexibility index (Phi) is 3.20. The zero-order chi connectivity index (χ0) is 11.4. The van der Waals surface area contributed by atoms with E-state index in [9.17, 15) is 4.39 Å². The maximum atomic E-state index is 13.0. The van der Waals surface area contributed by atoms with Crippen LogP contribution >= 0.6 is 0 Å². The summed E-state index contributed by atoms with van der Waals surface area (Å²) in [5, 5.41) is 3.32. The van der Waals surface area contributed by atoms with Gasteiger partial charge in [-0.2, -0.15) is 0 Å². The van der Waals surface area contributed by atoms with E-state index in [0.717, 1.165) is 11.3 Å². The third-order valence-electron chi connectivity index (χ3n) is 2.51. The van der Waals surface area contributed by atoms with Crippen molar-refractivity contribution in [2.45, 2.75) is 13.0 Å². The summed E-state index contributed by atoms with van der Waals surface area (Å²) in [6.07, 6.45) is 0. The normalized spacial score (nSPS) is 12.1. The number of hydrogen-bond acceptors (Lipinski definition) is 1. The summed E-state index contributed by atoms with van der Waals surface area (Å²) in [6.45, 7) is 2.02.